The highest BCUT2D eigenvalue weighted by atomic mass is 35.5. The van der Waals surface area contributed by atoms with Gasteiger partial charge in [0.15, 0.2) is 5.78 Å². The third kappa shape index (κ3) is 5.31. The lowest BCUT2D eigenvalue weighted by molar-refractivity contribution is 0.0836. The zero-order valence-corrected chi connectivity index (χ0v) is 16.2. The van der Waals surface area contributed by atoms with Gasteiger partial charge in [-0.1, -0.05) is 35.3 Å². The summed E-state index contributed by atoms with van der Waals surface area (Å²) in [5.74, 6) is 0.326. The molecule has 2 N–H and O–H groups in total. The molecule has 1 unspecified atom stereocenters. The van der Waals surface area contributed by atoms with E-state index in [0.717, 1.165) is 49.5 Å². The second-order valence-corrected chi connectivity index (χ2v) is 7.91. The number of likely N-dealkylation sites (tertiary alicyclic amines) is 1. The number of rotatable bonds is 6. The van der Waals surface area contributed by atoms with Crippen LogP contribution >= 0.6 is 23.2 Å². The number of benzene rings is 2. The van der Waals surface area contributed by atoms with Crippen molar-refractivity contribution in [3.05, 3.63) is 69.7 Å². The fraction of sp³-hybridized carbons (Fsp3) is 0.381. The van der Waals surface area contributed by atoms with E-state index in [2.05, 4.69) is 4.90 Å². The smallest absolute Gasteiger partial charge is 0.166 e. The second-order valence-electron chi connectivity index (χ2n) is 7.04. The van der Waals surface area contributed by atoms with Crippen molar-refractivity contribution in [1.82, 2.24) is 4.90 Å². The number of hydrogen-bond acceptors (Lipinski definition) is 3. The van der Waals surface area contributed by atoms with Gasteiger partial charge in [-0.3, -0.25) is 4.79 Å². The third-order valence-corrected chi connectivity index (χ3v) is 5.49. The summed E-state index contributed by atoms with van der Waals surface area (Å²) >= 11 is 11.8. The van der Waals surface area contributed by atoms with Crippen LogP contribution in [0.25, 0.3) is 0 Å². The molecule has 1 aliphatic heterocycles. The minimum absolute atomic E-state index is 0.0830. The van der Waals surface area contributed by atoms with Crippen molar-refractivity contribution in [3.8, 4) is 0 Å². The monoisotopic (exact) mass is 390 g/mol. The molecule has 26 heavy (non-hydrogen) atoms. The molecule has 1 heterocycles. The molecule has 0 aromatic heterocycles. The lowest BCUT2D eigenvalue weighted by Crippen LogP contribution is -2.43. The van der Waals surface area contributed by atoms with Crippen LogP contribution in [0.4, 0.5) is 0 Å². The minimum Gasteiger partial charge on any atom is -0.326 e. The maximum Gasteiger partial charge on any atom is 0.166 e. The third-order valence-electron chi connectivity index (χ3n) is 4.99. The number of Topliss-reactive ketones (excluding diaryl/α,β-unsaturated/α-hetero) is 1. The van der Waals surface area contributed by atoms with Gasteiger partial charge in [0.2, 0.25) is 0 Å². The molecule has 0 radical (unpaired) electrons. The van der Waals surface area contributed by atoms with E-state index in [0.29, 0.717) is 5.02 Å². The molecule has 2 aromatic carbocycles. The molecule has 3 rings (SSSR count). The van der Waals surface area contributed by atoms with Gasteiger partial charge in [0.05, 0.1) is 0 Å². The van der Waals surface area contributed by atoms with E-state index in [4.69, 9.17) is 28.9 Å². The van der Waals surface area contributed by atoms with Crippen LogP contribution in [0.1, 0.15) is 28.8 Å². The van der Waals surface area contributed by atoms with E-state index in [1.54, 1.807) is 12.1 Å². The molecule has 0 bridgehead atoms. The van der Waals surface area contributed by atoms with Crippen LogP contribution in [-0.4, -0.2) is 36.4 Å². The normalized spacial score (nSPS) is 17.2. The minimum atomic E-state index is 0.0830. The van der Waals surface area contributed by atoms with E-state index >= 15 is 0 Å². The molecule has 1 saturated heterocycles. The molecular weight excluding hydrogens is 367 g/mol. The maximum absolute atomic E-state index is 12.6. The molecular formula is C21H24Cl2N2O. The Labute approximate surface area is 165 Å². The first kappa shape index (κ1) is 19.4. The molecule has 0 spiro atoms. The molecule has 2 aromatic rings. The fourth-order valence-electron chi connectivity index (χ4n) is 3.55. The molecule has 0 aliphatic carbocycles. The van der Waals surface area contributed by atoms with E-state index in [1.807, 2.05) is 36.4 Å². The number of piperidine rings is 1. The Morgan fingerprint density at radius 2 is 1.54 bits per heavy atom. The highest BCUT2D eigenvalue weighted by molar-refractivity contribution is 6.30. The van der Waals surface area contributed by atoms with Crippen LogP contribution in [0.15, 0.2) is 48.5 Å². The Hall–Kier alpha value is -1.39. The average Bonchev–Trinajstić information content (AvgIpc) is 2.64. The summed E-state index contributed by atoms with van der Waals surface area (Å²) in [4.78, 5) is 15.0. The summed E-state index contributed by atoms with van der Waals surface area (Å²) < 4.78 is 0. The van der Waals surface area contributed by atoms with Gasteiger partial charge in [-0.15, -0.1) is 0 Å². The van der Waals surface area contributed by atoms with Crippen LogP contribution in [-0.2, 0) is 6.42 Å². The molecule has 1 atom stereocenters. The SMILES string of the molecule is NC(Cc1ccc(Cl)cc1)CN1CCC(C(=O)c2ccc(Cl)cc2)CC1. The van der Waals surface area contributed by atoms with Gasteiger partial charge < -0.3 is 10.6 Å². The van der Waals surface area contributed by atoms with E-state index in [1.165, 1.54) is 5.56 Å². The quantitative estimate of drug-likeness (QED) is 0.740. The standard InChI is InChI=1S/C21H24Cl2N2O/c22-18-5-1-15(2-6-18)13-20(24)14-25-11-9-17(10-12-25)21(26)16-3-7-19(23)8-4-16/h1-8,17,20H,9-14,24H2. The predicted molar refractivity (Wildman–Crippen MR) is 108 cm³/mol. The van der Waals surface area contributed by atoms with Crippen molar-refractivity contribution in [2.75, 3.05) is 19.6 Å². The van der Waals surface area contributed by atoms with Crippen molar-refractivity contribution in [2.45, 2.75) is 25.3 Å². The Morgan fingerprint density at radius 1 is 1.00 bits per heavy atom. The lowest BCUT2D eigenvalue weighted by Gasteiger charge is -2.33. The van der Waals surface area contributed by atoms with Gasteiger partial charge in [-0.05, 0) is 74.3 Å². The summed E-state index contributed by atoms with van der Waals surface area (Å²) in [6, 6.07) is 15.1. The number of ketones is 1. The first-order chi connectivity index (χ1) is 12.5. The highest BCUT2D eigenvalue weighted by Gasteiger charge is 2.26. The number of carbonyl (C=O) groups is 1. The first-order valence-corrected chi connectivity index (χ1v) is 9.79. The summed E-state index contributed by atoms with van der Waals surface area (Å²) in [5, 5.41) is 1.40. The topological polar surface area (TPSA) is 46.3 Å². The number of nitrogens with two attached hydrogens (primary N) is 1. The summed E-state index contributed by atoms with van der Waals surface area (Å²) in [6.07, 6.45) is 2.60. The number of hydrogen-bond donors (Lipinski definition) is 1. The van der Waals surface area contributed by atoms with Crippen LogP contribution in [0, 0.1) is 5.92 Å². The van der Waals surface area contributed by atoms with E-state index in [9.17, 15) is 4.79 Å². The van der Waals surface area contributed by atoms with Gasteiger partial charge in [0, 0.05) is 34.1 Å². The number of halogens is 2. The number of nitrogens with zero attached hydrogens (tertiary/aromatic N) is 1. The summed E-state index contributed by atoms with van der Waals surface area (Å²) in [7, 11) is 0. The molecule has 1 fully saturated rings. The predicted octanol–water partition coefficient (Wildman–Crippen LogP) is 4.46. The molecule has 0 amide bonds. The Morgan fingerprint density at radius 3 is 2.12 bits per heavy atom. The van der Waals surface area contributed by atoms with Crippen LogP contribution in [0.3, 0.4) is 0 Å². The van der Waals surface area contributed by atoms with Crippen molar-refractivity contribution in [2.24, 2.45) is 11.7 Å². The van der Waals surface area contributed by atoms with Gasteiger partial charge in [-0.2, -0.15) is 0 Å². The molecule has 0 saturated carbocycles. The molecule has 5 heteroatoms. The average molecular weight is 391 g/mol. The van der Waals surface area contributed by atoms with Crippen molar-refractivity contribution in [1.29, 1.82) is 0 Å². The first-order valence-electron chi connectivity index (χ1n) is 9.03. The Kier molecular flexibility index (Phi) is 6.71. The van der Waals surface area contributed by atoms with Gasteiger partial charge >= 0.3 is 0 Å². The molecule has 138 valence electrons. The zero-order valence-electron chi connectivity index (χ0n) is 14.7. The fourth-order valence-corrected chi connectivity index (χ4v) is 3.80. The lowest BCUT2D eigenvalue weighted by atomic mass is 9.88. The van der Waals surface area contributed by atoms with Crippen LogP contribution < -0.4 is 5.73 Å². The molecule has 1 aliphatic rings. The van der Waals surface area contributed by atoms with Crippen molar-refractivity contribution < 1.29 is 4.79 Å². The van der Waals surface area contributed by atoms with Crippen LogP contribution in [0.5, 0.6) is 0 Å². The summed E-state index contributed by atoms with van der Waals surface area (Å²) in [6.45, 7) is 2.68. The van der Waals surface area contributed by atoms with Crippen molar-refractivity contribution in [3.63, 3.8) is 0 Å². The second kappa shape index (κ2) is 9.01. The van der Waals surface area contributed by atoms with Crippen molar-refractivity contribution >= 4 is 29.0 Å². The Bertz CT molecular complexity index is 723. The van der Waals surface area contributed by atoms with Gasteiger partial charge in [0.25, 0.3) is 0 Å². The van der Waals surface area contributed by atoms with E-state index in [-0.39, 0.29) is 17.7 Å². The largest absolute Gasteiger partial charge is 0.326 e. The van der Waals surface area contributed by atoms with Gasteiger partial charge in [-0.25, -0.2) is 0 Å². The zero-order chi connectivity index (χ0) is 18.5. The highest BCUT2D eigenvalue weighted by Crippen LogP contribution is 2.23. The van der Waals surface area contributed by atoms with Gasteiger partial charge in [0.1, 0.15) is 0 Å². The van der Waals surface area contributed by atoms with Crippen LogP contribution in [0.2, 0.25) is 10.0 Å². The number of carbonyl (C=O) groups excluding carboxylic acids is 1. The Balaban J connectivity index is 1.46. The maximum atomic E-state index is 12.6. The molecule has 3 nitrogen and oxygen atoms in total. The van der Waals surface area contributed by atoms with E-state index < -0.39 is 0 Å². The summed E-state index contributed by atoms with van der Waals surface area (Å²) in [5.41, 5.74) is 8.28.